The van der Waals surface area contributed by atoms with Gasteiger partial charge in [-0.15, -0.1) is 0 Å². The zero-order valence-corrected chi connectivity index (χ0v) is 12.9. The van der Waals surface area contributed by atoms with Crippen molar-refractivity contribution in [3.05, 3.63) is 12.4 Å². The highest BCUT2D eigenvalue weighted by atomic mass is 32.2. The first-order valence-corrected chi connectivity index (χ1v) is 8.46. The average Bonchev–Trinajstić information content (AvgIpc) is 2.37. The van der Waals surface area contributed by atoms with Crippen molar-refractivity contribution in [3.63, 3.8) is 0 Å². The lowest BCUT2D eigenvalue weighted by Gasteiger charge is -2.33. The Morgan fingerprint density at radius 1 is 1.40 bits per heavy atom. The molecule has 0 aromatic carbocycles. The van der Waals surface area contributed by atoms with Crippen molar-refractivity contribution in [2.75, 3.05) is 43.2 Å². The van der Waals surface area contributed by atoms with E-state index in [0.717, 1.165) is 31.0 Å². The molecule has 0 spiro atoms. The third-order valence-electron chi connectivity index (χ3n) is 3.22. The molecule has 1 aliphatic heterocycles. The molecule has 8 heteroatoms. The number of nitrogens with zero attached hydrogens (tertiary/aromatic N) is 4. The van der Waals surface area contributed by atoms with E-state index < -0.39 is 10.0 Å². The molecular weight excluding hydrogens is 278 g/mol. The zero-order valence-electron chi connectivity index (χ0n) is 12.1. The second-order valence-corrected chi connectivity index (χ2v) is 7.08. The van der Waals surface area contributed by atoms with Gasteiger partial charge in [0.2, 0.25) is 10.0 Å². The normalized spacial score (nSPS) is 19.9. The molecule has 0 amide bonds. The van der Waals surface area contributed by atoms with Crippen LogP contribution in [-0.4, -0.2) is 57.9 Å². The van der Waals surface area contributed by atoms with Gasteiger partial charge in [-0.2, -0.15) is 0 Å². The van der Waals surface area contributed by atoms with Crippen LogP contribution in [0.1, 0.15) is 12.8 Å². The molecule has 1 aromatic heterocycles. The van der Waals surface area contributed by atoms with Gasteiger partial charge in [-0.3, -0.25) is 0 Å². The van der Waals surface area contributed by atoms with Crippen LogP contribution in [0.3, 0.4) is 0 Å². The summed E-state index contributed by atoms with van der Waals surface area (Å²) in [6.45, 7) is 1.52. The smallest absolute Gasteiger partial charge is 0.209 e. The van der Waals surface area contributed by atoms with Gasteiger partial charge in [-0.05, 0) is 12.8 Å². The number of hydrogen-bond donors (Lipinski definition) is 1. The number of sulfonamides is 1. The van der Waals surface area contributed by atoms with E-state index in [1.54, 1.807) is 0 Å². The van der Waals surface area contributed by atoms with Crippen LogP contribution in [0.25, 0.3) is 0 Å². The molecule has 1 unspecified atom stereocenters. The average molecular weight is 299 g/mol. The van der Waals surface area contributed by atoms with Crippen molar-refractivity contribution >= 4 is 21.7 Å². The summed E-state index contributed by atoms with van der Waals surface area (Å²) in [5.74, 6) is 1.68. The van der Waals surface area contributed by atoms with Crippen LogP contribution in [0.15, 0.2) is 12.4 Å². The van der Waals surface area contributed by atoms with Gasteiger partial charge in [-0.1, -0.05) is 0 Å². The zero-order chi connectivity index (χ0) is 14.8. The van der Waals surface area contributed by atoms with Gasteiger partial charge >= 0.3 is 0 Å². The molecule has 1 N–H and O–H groups in total. The molecule has 2 heterocycles. The van der Waals surface area contributed by atoms with E-state index >= 15 is 0 Å². The quantitative estimate of drug-likeness (QED) is 0.847. The fraction of sp³-hybridized carbons (Fsp3) is 0.667. The molecule has 1 aliphatic rings. The van der Waals surface area contributed by atoms with E-state index in [0.29, 0.717) is 6.54 Å². The summed E-state index contributed by atoms with van der Waals surface area (Å²) in [4.78, 5) is 12.5. The molecule has 7 nitrogen and oxygen atoms in total. The number of hydrogen-bond acceptors (Lipinski definition) is 6. The molecule has 20 heavy (non-hydrogen) atoms. The molecule has 0 saturated carbocycles. The second-order valence-electron chi connectivity index (χ2n) is 5.30. The largest absolute Gasteiger partial charge is 0.363 e. The summed E-state index contributed by atoms with van der Waals surface area (Å²) in [6, 6.07) is 1.86. The van der Waals surface area contributed by atoms with Crippen molar-refractivity contribution in [1.82, 2.24) is 14.7 Å². The van der Waals surface area contributed by atoms with Crippen LogP contribution in [0, 0.1) is 0 Å². The molecule has 1 fully saturated rings. The van der Waals surface area contributed by atoms with E-state index in [1.165, 1.54) is 12.6 Å². The van der Waals surface area contributed by atoms with Crippen LogP contribution in [0.2, 0.25) is 0 Å². The maximum absolute atomic E-state index is 11.3. The Hall–Kier alpha value is -1.41. The summed E-state index contributed by atoms with van der Waals surface area (Å²) in [6.07, 6.45) is 4.53. The first-order valence-electron chi connectivity index (χ1n) is 6.57. The van der Waals surface area contributed by atoms with Gasteiger partial charge in [0, 0.05) is 39.3 Å². The van der Waals surface area contributed by atoms with Crippen molar-refractivity contribution in [3.8, 4) is 0 Å². The van der Waals surface area contributed by atoms with Gasteiger partial charge < -0.3 is 9.80 Å². The van der Waals surface area contributed by atoms with Crippen LogP contribution < -0.4 is 14.5 Å². The molecule has 1 aromatic rings. The summed E-state index contributed by atoms with van der Waals surface area (Å²) < 4.78 is 25.3. The topological polar surface area (TPSA) is 78.4 Å². The minimum Gasteiger partial charge on any atom is -0.363 e. The number of anilines is 2. The third kappa shape index (κ3) is 4.04. The molecule has 112 valence electrons. The lowest BCUT2D eigenvalue weighted by molar-refractivity contribution is 0.465. The first-order chi connectivity index (χ1) is 9.35. The van der Waals surface area contributed by atoms with Crippen LogP contribution in [0.5, 0.6) is 0 Å². The van der Waals surface area contributed by atoms with Crippen molar-refractivity contribution < 1.29 is 8.42 Å². The van der Waals surface area contributed by atoms with Crippen LogP contribution in [-0.2, 0) is 10.0 Å². The van der Waals surface area contributed by atoms with Gasteiger partial charge in [0.25, 0.3) is 0 Å². The van der Waals surface area contributed by atoms with Gasteiger partial charge in [0.15, 0.2) is 0 Å². The summed E-state index contributed by atoms with van der Waals surface area (Å²) >= 11 is 0. The molecule has 1 atom stereocenters. The third-order valence-corrected chi connectivity index (χ3v) is 3.98. The Morgan fingerprint density at radius 2 is 2.15 bits per heavy atom. The number of aromatic nitrogens is 2. The maximum Gasteiger partial charge on any atom is 0.209 e. The predicted octanol–water partition coefficient (Wildman–Crippen LogP) is 0.0606. The highest BCUT2D eigenvalue weighted by Gasteiger charge is 2.23. The van der Waals surface area contributed by atoms with Crippen molar-refractivity contribution in [2.24, 2.45) is 0 Å². The fourth-order valence-corrected chi connectivity index (χ4v) is 3.14. The lowest BCUT2D eigenvalue weighted by atomic mass is 10.1. The summed E-state index contributed by atoms with van der Waals surface area (Å²) in [5.41, 5.74) is 0. The molecule has 0 aliphatic carbocycles. The van der Waals surface area contributed by atoms with E-state index in [2.05, 4.69) is 19.6 Å². The molecule has 2 rings (SSSR count). The highest BCUT2D eigenvalue weighted by molar-refractivity contribution is 7.88. The number of rotatable bonds is 4. The highest BCUT2D eigenvalue weighted by Crippen LogP contribution is 2.20. The second kappa shape index (κ2) is 5.92. The van der Waals surface area contributed by atoms with E-state index in [4.69, 9.17) is 0 Å². The maximum atomic E-state index is 11.3. The molecule has 1 saturated heterocycles. The first kappa shape index (κ1) is 15.0. The SMILES string of the molecule is CN(C)c1cc(N2CCCC(NS(C)(=O)=O)C2)ncn1. The van der Waals surface area contributed by atoms with E-state index in [9.17, 15) is 8.42 Å². The predicted molar refractivity (Wildman–Crippen MR) is 79.6 cm³/mol. The molecule has 0 bridgehead atoms. The van der Waals surface area contributed by atoms with Crippen LogP contribution in [0.4, 0.5) is 11.6 Å². The number of nitrogens with one attached hydrogen (secondary N) is 1. The Labute approximate surface area is 120 Å². The monoisotopic (exact) mass is 299 g/mol. The van der Waals surface area contributed by atoms with Gasteiger partial charge in [0.1, 0.15) is 18.0 Å². The van der Waals surface area contributed by atoms with E-state index in [1.807, 2.05) is 25.1 Å². The summed E-state index contributed by atoms with van der Waals surface area (Å²) in [7, 11) is 0.685. The van der Waals surface area contributed by atoms with Gasteiger partial charge in [0.05, 0.1) is 6.26 Å². The van der Waals surface area contributed by atoms with Gasteiger partial charge in [-0.25, -0.2) is 23.1 Å². The Kier molecular flexibility index (Phi) is 4.44. The summed E-state index contributed by atoms with van der Waals surface area (Å²) in [5, 5.41) is 0. The van der Waals surface area contributed by atoms with Crippen molar-refractivity contribution in [2.45, 2.75) is 18.9 Å². The van der Waals surface area contributed by atoms with Crippen LogP contribution >= 0.6 is 0 Å². The van der Waals surface area contributed by atoms with E-state index in [-0.39, 0.29) is 6.04 Å². The Balaban J connectivity index is 2.10. The minimum atomic E-state index is -3.17. The Bertz CT molecular complexity index is 561. The fourth-order valence-electron chi connectivity index (χ4n) is 2.34. The standard InChI is InChI=1S/C12H21N5O2S/c1-16(2)11-7-12(14-9-13-11)17-6-4-5-10(8-17)15-20(3,18)19/h7,9-10,15H,4-6,8H2,1-3H3. The van der Waals surface area contributed by atoms with Crippen molar-refractivity contribution in [1.29, 1.82) is 0 Å². The Morgan fingerprint density at radius 3 is 2.80 bits per heavy atom. The minimum absolute atomic E-state index is 0.0588. The molecular formula is C12H21N5O2S. The lowest BCUT2D eigenvalue weighted by Crippen LogP contribution is -2.47. The number of piperidine rings is 1. The molecule has 0 radical (unpaired) electrons.